The summed E-state index contributed by atoms with van der Waals surface area (Å²) in [6.45, 7) is 1.51. The van der Waals surface area contributed by atoms with E-state index in [0.29, 0.717) is 0 Å². The largest absolute Gasteiger partial charge is 0.483 e. The van der Waals surface area contributed by atoms with Gasteiger partial charge in [-0.25, -0.2) is 0 Å². The molecule has 2 unspecified atom stereocenters. The Morgan fingerprint density at radius 3 is 1.70 bits per heavy atom. The molecule has 27 heavy (non-hydrogen) atoms. The summed E-state index contributed by atoms with van der Waals surface area (Å²) in [6.07, 6.45) is 0.388. The zero-order valence-electron chi connectivity index (χ0n) is 15.2. The molecule has 3 nitrogen and oxygen atoms in total. The number of nitrogens with zero attached hydrogens (tertiary/aromatic N) is 1. The first-order chi connectivity index (χ1) is 13.3. The van der Waals surface area contributed by atoms with Crippen LogP contribution in [0.2, 0.25) is 0 Å². The topological polar surface area (TPSA) is 29.5 Å². The van der Waals surface area contributed by atoms with Crippen LogP contribution in [0.4, 0.5) is 0 Å². The molecule has 1 fully saturated rings. The van der Waals surface area contributed by atoms with Gasteiger partial charge in [-0.05, 0) is 23.3 Å². The van der Waals surface area contributed by atoms with Crippen LogP contribution in [-0.4, -0.2) is 22.8 Å². The highest BCUT2D eigenvalue weighted by Gasteiger charge is 2.44. The van der Waals surface area contributed by atoms with E-state index in [-0.39, 0.29) is 17.9 Å². The average Bonchev–Trinajstić information content (AvgIpc) is 2.72. The Morgan fingerprint density at radius 2 is 1.22 bits per heavy atom. The van der Waals surface area contributed by atoms with E-state index in [1.807, 2.05) is 66.7 Å². The molecular formula is C24H23NO2. The molecule has 0 radical (unpaired) electrons. The minimum Gasteiger partial charge on any atom is -0.483 e. The number of hydrogen-bond acceptors (Lipinski definition) is 3. The molecule has 3 aromatic rings. The van der Waals surface area contributed by atoms with Crippen molar-refractivity contribution in [2.45, 2.75) is 31.7 Å². The maximum atomic E-state index is 12.8. The Balaban J connectivity index is 1.46. The van der Waals surface area contributed by atoms with E-state index in [1.54, 1.807) is 0 Å². The summed E-state index contributed by atoms with van der Waals surface area (Å²) < 4.78 is 5.87. The van der Waals surface area contributed by atoms with Crippen LogP contribution in [0.25, 0.3) is 0 Å². The van der Waals surface area contributed by atoms with Gasteiger partial charge in [0, 0.05) is 19.5 Å². The van der Waals surface area contributed by atoms with Crippen molar-refractivity contribution in [3.05, 3.63) is 102 Å². The van der Waals surface area contributed by atoms with Gasteiger partial charge in [-0.3, -0.25) is 9.69 Å². The zero-order valence-corrected chi connectivity index (χ0v) is 15.2. The second kappa shape index (κ2) is 8.19. The fraction of sp³-hybridized carbons (Fsp3) is 0.208. The van der Waals surface area contributed by atoms with Gasteiger partial charge in [0.25, 0.3) is 0 Å². The highest BCUT2D eigenvalue weighted by molar-refractivity contribution is 5.94. The Morgan fingerprint density at radius 1 is 0.741 bits per heavy atom. The van der Waals surface area contributed by atoms with Gasteiger partial charge in [-0.1, -0.05) is 78.9 Å². The quantitative estimate of drug-likeness (QED) is 0.624. The number of hydrogen-bond donors (Lipinski definition) is 0. The molecule has 0 aromatic heterocycles. The standard InChI is InChI=1S/C24H23NO2/c26-24-22(16-23(24)27-21-14-8-3-9-15-21)25(17-19-10-4-1-5-11-19)18-20-12-6-2-7-13-20/h1-15,22-23H,16-18H2. The van der Waals surface area contributed by atoms with Crippen LogP contribution >= 0.6 is 0 Å². The Hall–Kier alpha value is -2.91. The lowest BCUT2D eigenvalue weighted by molar-refractivity contribution is -0.144. The van der Waals surface area contributed by atoms with Crippen LogP contribution in [0.15, 0.2) is 91.0 Å². The molecule has 3 aromatic carbocycles. The smallest absolute Gasteiger partial charge is 0.190 e. The van der Waals surface area contributed by atoms with Gasteiger partial charge in [0.1, 0.15) is 5.75 Å². The molecule has 1 aliphatic rings. The summed E-state index contributed by atoms with van der Waals surface area (Å²) in [7, 11) is 0. The molecule has 0 heterocycles. The van der Waals surface area contributed by atoms with Crippen molar-refractivity contribution in [2.75, 3.05) is 0 Å². The van der Waals surface area contributed by atoms with Gasteiger partial charge in [0.2, 0.25) is 0 Å². The fourth-order valence-corrected chi connectivity index (χ4v) is 3.50. The SMILES string of the molecule is O=C1C(Oc2ccccc2)CC1N(Cc1ccccc1)Cc1ccccc1. The number of benzene rings is 3. The van der Waals surface area contributed by atoms with E-state index in [0.717, 1.165) is 25.3 Å². The zero-order chi connectivity index (χ0) is 18.5. The number of carbonyl (C=O) groups is 1. The predicted molar refractivity (Wildman–Crippen MR) is 106 cm³/mol. The maximum Gasteiger partial charge on any atom is 0.190 e. The second-order valence-corrected chi connectivity index (χ2v) is 6.95. The van der Waals surface area contributed by atoms with E-state index in [9.17, 15) is 4.79 Å². The number of ether oxygens (including phenoxy) is 1. The first kappa shape index (κ1) is 17.5. The second-order valence-electron chi connectivity index (χ2n) is 6.95. The maximum absolute atomic E-state index is 12.8. The monoisotopic (exact) mass is 357 g/mol. The molecule has 1 saturated carbocycles. The van der Waals surface area contributed by atoms with Gasteiger partial charge in [-0.2, -0.15) is 0 Å². The number of Topliss-reactive ketones (excluding diaryl/α,β-unsaturated/α-hetero) is 1. The summed E-state index contributed by atoms with van der Waals surface area (Å²) in [5.41, 5.74) is 2.43. The molecule has 136 valence electrons. The van der Waals surface area contributed by atoms with Gasteiger partial charge >= 0.3 is 0 Å². The first-order valence-electron chi connectivity index (χ1n) is 9.37. The summed E-state index contributed by atoms with van der Waals surface area (Å²) in [5, 5.41) is 0. The van der Waals surface area contributed by atoms with Crippen LogP contribution in [0.3, 0.4) is 0 Å². The third-order valence-electron chi connectivity index (χ3n) is 5.00. The Bertz CT molecular complexity index is 823. The van der Waals surface area contributed by atoms with Gasteiger partial charge in [0.05, 0.1) is 6.04 Å². The van der Waals surface area contributed by atoms with E-state index in [4.69, 9.17) is 4.74 Å². The molecule has 1 aliphatic carbocycles. The van der Waals surface area contributed by atoms with Gasteiger partial charge in [0.15, 0.2) is 11.9 Å². The number of carbonyl (C=O) groups excluding carboxylic acids is 1. The summed E-state index contributed by atoms with van der Waals surface area (Å²) >= 11 is 0. The Kier molecular flexibility index (Phi) is 5.31. The molecule has 0 aliphatic heterocycles. The van der Waals surface area contributed by atoms with Crippen molar-refractivity contribution in [1.29, 1.82) is 0 Å². The van der Waals surface area contributed by atoms with Crippen molar-refractivity contribution in [1.82, 2.24) is 4.90 Å². The van der Waals surface area contributed by atoms with E-state index >= 15 is 0 Å². The highest BCUT2D eigenvalue weighted by atomic mass is 16.5. The van der Waals surface area contributed by atoms with Crippen LogP contribution < -0.4 is 4.74 Å². The summed E-state index contributed by atoms with van der Waals surface area (Å²) in [4.78, 5) is 15.1. The lowest BCUT2D eigenvalue weighted by Crippen LogP contribution is -2.57. The van der Waals surface area contributed by atoms with Crippen molar-refractivity contribution < 1.29 is 9.53 Å². The summed E-state index contributed by atoms with van der Waals surface area (Å²) in [5.74, 6) is 0.928. The van der Waals surface area contributed by atoms with Crippen LogP contribution in [0.5, 0.6) is 5.75 Å². The van der Waals surface area contributed by atoms with Crippen LogP contribution in [0.1, 0.15) is 17.5 Å². The number of ketones is 1. The number of para-hydroxylation sites is 1. The average molecular weight is 357 g/mol. The first-order valence-corrected chi connectivity index (χ1v) is 9.37. The van der Waals surface area contributed by atoms with E-state index in [1.165, 1.54) is 11.1 Å². The normalized spacial score (nSPS) is 18.9. The van der Waals surface area contributed by atoms with E-state index < -0.39 is 0 Å². The molecule has 0 spiro atoms. The molecule has 0 bridgehead atoms. The van der Waals surface area contributed by atoms with Crippen LogP contribution in [-0.2, 0) is 17.9 Å². The highest BCUT2D eigenvalue weighted by Crippen LogP contribution is 2.29. The molecule has 3 heteroatoms. The van der Waals surface area contributed by atoms with Crippen molar-refractivity contribution in [2.24, 2.45) is 0 Å². The molecular weight excluding hydrogens is 334 g/mol. The van der Waals surface area contributed by atoms with Crippen molar-refractivity contribution >= 4 is 5.78 Å². The molecule has 2 atom stereocenters. The van der Waals surface area contributed by atoms with E-state index in [2.05, 4.69) is 29.2 Å². The number of rotatable bonds is 7. The van der Waals surface area contributed by atoms with Crippen LogP contribution in [0, 0.1) is 0 Å². The lowest BCUT2D eigenvalue weighted by Gasteiger charge is -2.41. The molecule has 0 saturated heterocycles. The van der Waals surface area contributed by atoms with Gasteiger partial charge < -0.3 is 4.74 Å². The van der Waals surface area contributed by atoms with Crippen molar-refractivity contribution in [3.8, 4) is 5.75 Å². The summed E-state index contributed by atoms with van der Waals surface area (Å²) in [6, 6.07) is 30.1. The Labute approximate surface area is 160 Å². The third-order valence-corrected chi connectivity index (χ3v) is 5.00. The minimum atomic E-state index is -0.341. The molecule has 4 rings (SSSR count). The molecule has 0 amide bonds. The predicted octanol–water partition coefficient (Wildman–Crippen LogP) is 4.48. The minimum absolute atomic E-state index is 0.0980. The third kappa shape index (κ3) is 4.26. The molecule has 0 N–H and O–H groups in total. The fourth-order valence-electron chi connectivity index (χ4n) is 3.50. The van der Waals surface area contributed by atoms with Crippen molar-refractivity contribution in [3.63, 3.8) is 0 Å². The lowest BCUT2D eigenvalue weighted by atomic mass is 9.85. The van der Waals surface area contributed by atoms with Gasteiger partial charge in [-0.15, -0.1) is 0 Å².